The second-order valence-electron chi connectivity index (χ2n) is 5.12. The number of hydrogen-bond donors (Lipinski definition) is 1. The van der Waals surface area contributed by atoms with Crippen LogP contribution in [0.5, 0.6) is 0 Å². The van der Waals surface area contributed by atoms with Crippen molar-refractivity contribution in [2.75, 3.05) is 6.54 Å². The van der Waals surface area contributed by atoms with Crippen LogP contribution in [0, 0.1) is 5.82 Å². The summed E-state index contributed by atoms with van der Waals surface area (Å²) < 4.78 is 13.3. The smallest absolute Gasteiger partial charge is 0.192 e. The number of nitrogens with zero attached hydrogens (tertiary/aromatic N) is 2. The van der Waals surface area contributed by atoms with Gasteiger partial charge in [0.1, 0.15) is 5.82 Å². The van der Waals surface area contributed by atoms with Gasteiger partial charge < -0.3 is 10.6 Å². The molecule has 0 bridgehead atoms. The zero-order valence-electron chi connectivity index (χ0n) is 10.3. The van der Waals surface area contributed by atoms with E-state index in [2.05, 4.69) is 9.89 Å². The van der Waals surface area contributed by atoms with Gasteiger partial charge in [-0.2, -0.15) is 0 Å². The molecule has 1 aliphatic heterocycles. The first kappa shape index (κ1) is 11.5. The number of aliphatic imine (C=N–C) groups is 1. The van der Waals surface area contributed by atoms with Crippen molar-refractivity contribution >= 4 is 5.96 Å². The van der Waals surface area contributed by atoms with Gasteiger partial charge in [-0.1, -0.05) is 25.0 Å². The number of nitrogens with two attached hydrogens (primary N) is 1. The number of rotatable bonds is 2. The molecule has 3 nitrogen and oxygen atoms in total. The summed E-state index contributed by atoms with van der Waals surface area (Å²) >= 11 is 0. The monoisotopic (exact) mass is 247 g/mol. The van der Waals surface area contributed by atoms with Crippen LogP contribution >= 0.6 is 0 Å². The first-order valence-electron chi connectivity index (χ1n) is 6.59. The predicted molar refractivity (Wildman–Crippen MR) is 69.7 cm³/mol. The minimum Gasteiger partial charge on any atom is -0.370 e. The van der Waals surface area contributed by atoms with Crippen molar-refractivity contribution in [3.8, 4) is 0 Å². The molecule has 1 atom stereocenters. The first-order chi connectivity index (χ1) is 8.75. The summed E-state index contributed by atoms with van der Waals surface area (Å²) in [6, 6.07) is 7.38. The minimum absolute atomic E-state index is 0.115. The second kappa shape index (κ2) is 4.59. The van der Waals surface area contributed by atoms with E-state index >= 15 is 0 Å². The maximum Gasteiger partial charge on any atom is 0.192 e. The SMILES string of the molecule is NC1=NCC(c2cccc(F)c2)N1C1CCCC1. The third-order valence-corrected chi connectivity index (χ3v) is 3.98. The molecule has 0 spiro atoms. The Kier molecular flexibility index (Phi) is 2.94. The van der Waals surface area contributed by atoms with Crippen LogP contribution in [0.1, 0.15) is 37.3 Å². The van der Waals surface area contributed by atoms with Gasteiger partial charge in [-0.15, -0.1) is 0 Å². The van der Waals surface area contributed by atoms with Crippen molar-refractivity contribution in [1.82, 2.24) is 4.90 Å². The Morgan fingerprint density at radius 1 is 1.28 bits per heavy atom. The second-order valence-corrected chi connectivity index (χ2v) is 5.12. The Balaban J connectivity index is 1.87. The Hall–Kier alpha value is -1.58. The molecular formula is C14H18FN3. The zero-order valence-corrected chi connectivity index (χ0v) is 10.3. The highest BCUT2D eigenvalue weighted by molar-refractivity contribution is 5.80. The molecule has 0 saturated heterocycles. The average molecular weight is 247 g/mol. The number of halogens is 1. The molecular weight excluding hydrogens is 229 g/mol. The van der Waals surface area contributed by atoms with Crippen LogP contribution in [0.2, 0.25) is 0 Å². The number of benzene rings is 1. The van der Waals surface area contributed by atoms with Crippen molar-refractivity contribution < 1.29 is 4.39 Å². The molecule has 0 amide bonds. The molecule has 1 unspecified atom stereocenters. The predicted octanol–water partition coefficient (Wildman–Crippen LogP) is 2.44. The van der Waals surface area contributed by atoms with Gasteiger partial charge in [-0.25, -0.2) is 4.39 Å². The van der Waals surface area contributed by atoms with Gasteiger partial charge in [0.2, 0.25) is 0 Å². The van der Waals surface area contributed by atoms with E-state index in [-0.39, 0.29) is 11.9 Å². The summed E-state index contributed by atoms with van der Waals surface area (Å²) in [7, 11) is 0. The van der Waals surface area contributed by atoms with Crippen LogP contribution in [0.15, 0.2) is 29.3 Å². The lowest BCUT2D eigenvalue weighted by molar-refractivity contribution is 0.262. The molecule has 1 heterocycles. The average Bonchev–Trinajstić information content (AvgIpc) is 2.97. The third kappa shape index (κ3) is 1.96. The van der Waals surface area contributed by atoms with Gasteiger partial charge in [-0.05, 0) is 30.5 Å². The fraction of sp³-hybridized carbons (Fsp3) is 0.500. The summed E-state index contributed by atoms with van der Waals surface area (Å²) in [6.07, 6.45) is 4.85. The third-order valence-electron chi connectivity index (χ3n) is 3.98. The lowest BCUT2D eigenvalue weighted by Gasteiger charge is -2.32. The topological polar surface area (TPSA) is 41.6 Å². The van der Waals surface area contributed by atoms with Gasteiger partial charge in [0, 0.05) is 6.04 Å². The normalized spacial score (nSPS) is 24.6. The lowest BCUT2D eigenvalue weighted by Crippen LogP contribution is -2.42. The lowest BCUT2D eigenvalue weighted by atomic mass is 10.0. The quantitative estimate of drug-likeness (QED) is 0.872. The highest BCUT2D eigenvalue weighted by atomic mass is 19.1. The van der Waals surface area contributed by atoms with E-state index in [1.807, 2.05) is 6.07 Å². The summed E-state index contributed by atoms with van der Waals surface area (Å²) in [5, 5.41) is 0. The summed E-state index contributed by atoms with van der Waals surface area (Å²) in [5.74, 6) is 0.431. The zero-order chi connectivity index (χ0) is 12.5. The molecule has 4 heteroatoms. The Bertz CT molecular complexity index is 466. The van der Waals surface area contributed by atoms with E-state index in [1.165, 1.54) is 31.7 Å². The van der Waals surface area contributed by atoms with Crippen LogP contribution in [-0.2, 0) is 0 Å². The van der Waals surface area contributed by atoms with E-state index in [9.17, 15) is 4.39 Å². The molecule has 2 aliphatic rings. The number of guanidine groups is 1. The molecule has 0 aromatic heterocycles. The number of hydrogen-bond acceptors (Lipinski definition) is 3. The van der Waals surface area contributed by atoms with E-state index in [0.717, 1.165) is 5.56 Å². The van der Waals surface area contributed by atoms with Crippen molar-refractivity contribution in [2.45, 2.75) is 37.8 Å². The largest absolute Gasteiger partial charge is 0.370 e. The Labute approximate surface area is 106 Å². The van der Waals surface area contributed by atoms with E-state index in [0.29, 0.717) is 18.5 Å². The van der Waals surface area contributed by atoms with Gasteiger partial charge in [0.15, 0.2) is 5.96 Å². The van der Waals surface area contributed by atoms with E-state index < -0.39 is 0 Å². The van der Waals surface area contributed by atoms with Crippen LogP contribution < -0.4 is 5.73 Å². The molecule has 0 radical (unpaired) electrons. The van der Waals surface area contributed by atoms with Crippen LogP contribution in [0.25, 0.3) is 0 Å². The molecule has 1 aliphatic carbocycles. The molecule has 2 N–H and O–H groups in total. The van der Waals surface area contributed by atoms with Crippen molar-refractivity contribution in [1.29, 1.82) is 0 Å². The van der Waals surface area contributed by atoms with Gasteiger partial charge in [0.05, 0.1) is 12.6 Å². The van der Waals surface area contributed by atoms with Gasteiger partial charge >= 0.3 is 0 Å². The first-order valence-corrected chi connectivity index (χ1v) is 6.59. The molecule has 1 fully saturated rings. The molecule has 18 heavy (non-hydrogen) atoms. The van der Waals surface area contributed by atoms with Crippen molar-refractivity contribution in [3.05, 3.63) is 35.6 Å². The molecule has 1 saturated carbocycles. The Morgan fingerprint density at radius 2 is 2.06 bits per heavy atom. The summed E-state index contributed by atoms with van der Waals surface area (Å²) in [6.45, 7) is 0.645. The maximum absolute atomic E-state index is 13.3. The standard InChI is InChI=1S/C14H18FN3/c15-11-5-3-4-10(8-11)13-9-17-14(16)18(13)12-6-1-2-7-12/h3-5,8,12-13H,1-2,6-7,9H2,(H2,16,17). The fourth-order valence-corrected chi connectivity index (χ4v) is 3.11. The highest BCUT2D eigenvalue weighted by Gasteiger charge is 2.34. The molecule has 96 valence electrons. The van der Waals surface area contributed by atoms with E-state index in [4.69, 9.17) is 5.73 Å². The van der Waals surface area contributed by atoms with E-state index in [1.54, 1.807) is 12.1 Å². The Morgan fingerprint density at radius 3 is 2.78 bits per heavy atom. The summed E-state index contributed by atoms with van der Waals surface area (Å²) in [5.41, 5.74) is 6.98. The van der Waals surface area contributed by atoms with Gasteiger partial charge in [-0.3, -0.25) is 4.99 Å². The van der Waals surface area contributed by atoms with Crippen molar-refractivity contribution in [2.24, 2.45) is 10.7 Å². The highest BCUT2D eigenvalue weighted by Crippen LogP contribution is 2.34. The van der Waals surface area contributed by atoms with Crippen LogP contribution in [0.4, 0.5) is 4.39 Å². The molecule has 3 rings (SSSR count). The molecule has 1 aromatic carbocycles. The maximum atomic E-state index is 13.3. The molecule has 1 aromatic rings. The van der Waals surface area contributed by atoms with Crippen molar-refractivity contribution in [3.63, 3.8) is 0 Å². The van der Waals surface area contributed by atoms with Crippen LogP contribution in [-0.4, -0.2) is 23.4 Å². The minimum atomic E-state index is -0.190. The fourth-order valence-electron chi connectivity index (χ4n) is 3.11. The van der Waals surface area contributed by atoms with Gasteiger partial charge in [0.25, 0.3) is 0 Å². The summed E-state index contributed by atoms with van der Waals surface area (Å²) in [4.78, 5) is 6.54. The van der Waals surface area contributed by atoms with Crippen LogP contribution in [0.3, 0.4) is 0 Å².